The number of hydrogen-bond acceptors (Lipinski definition) is 2. The second-order valence-corrected chi connectivity index (χ2v) is 4.58. The average Bonchev–Trinajstić information content (AvgIpc) is 2.53. The second kappa shape index (κ2) is 3.00. The van der Waals surface area contributed by atoms with E-state index in [2.05, 4.69) is 25.8 Å². The normalized spacial score (nSPS) is 42.5. The van der Waals surface area contributed by atoms with Gasteiger partial charge in [0, 0.05) is 18.0 Å². The molecule has 2 aliphatic heterocycles. The monoisotopic (exact) mass is 169 g/mol. The molecule has 0 radical (unpaired) electrons. The van der Waals surface area contributed by atoms with Crippen molar-refractivity contribution in [3.05, 3.63) is 0 Å². The van der Waals surface area contributed by atoms with Crippen molar-refractivity contribution in [2.24, 2.45) is 11.8 Å². The molecule has 70 valence electrons. The Balaban J connectivity index is 2.05. The molecule has 12 heavy (non-hydrogen) atoms. The van der Waals surface area contributed by atoms with Crippen LogP contribution in [0.1, 0.15) is 20.3 Å². The molecule has 2 heterocycles. The van der Waals surface area contributed by atoms with Gasteiger partial charge in [0.25, 0.3) is 0 Å². The maximum atomic E-state index is 5.47. The third-order valence-corrected chi connectivity index (χ3v) is 3.52. The highest BCUT2D eigenvalue weighted by atomic mass is 16.5. The first-order valence-corrected chi connectivity index (χ1v) is 5.00. The maximum Gasteiger partial charge on any atom is 0.0625 e. The molecule has 2 fully saturated rings. The topological polar surface area (TPSA) is 12.5 Å². The first-order chi connectivity index (χ1) is 5.70. The van der Waals surface area contributed by atoms with Gasteiger partial charge in [0.05, 0.1) is 13.2 Å². The number of nitrogens with zero attached hydrogens (tertiary/aromatic N) is 1. The Hall–Kier alpha value is -0.0800. The number of rotatable bonds is 1. The van der Waals surface area contributed by atoms with Gasteiger partial charge < -0.3 is 4.74 Å². The molecule has 0 unspecified atom stereocenters. The van der Waals surface area contributed by atoms with Crippen molar-refractivity contribution < 1.29 is 4.74 Å². The lowest BCUT2D eigenvalue weighted by Crippen LogP contribution is -2.37. The minimum absolute atomic E-state index is 0.720. The summed E-state index contributed by atoms with van der Waals surface area (Å²) in [5.41, 5.74) is 0. The van der Waals surface area contributed by atoms with Crippen molar-refractivity contribution >= 4 is 0 Å². The summed E-state index contributed by atoms with van der Waals surface area (Å²) in [5, 5.41) is 0. The molecule has 0 aliphatic carbocycles. The lowest BCUT2D eigenvalue weighted by molar-refractivity contribution is 0.123. The minimum atomic E-state index is 0.720. The van der Waals surface area contributed by atoms with Crippen LogP contribution in [0.3, 0.4) is 0 Å². The molecule has 0 spiro atoms. The van der Waals surface area contributed by atoms with Gasteiger partial charge in [0.1, 0.15) is 0 Å². The van der Waals surface area contributed by atoms with Crippen LogP contribution >= 0.6 is 0 Å². The van der Waals surface area contributed by atoms with E-state index in [1.165, 1.54) is 6.42 Å². The van der Waals surface area contributed by atoms with Crippen LogP contribution in [0, 0.1) is 11.8 Å². The zero-order valence-corrected chi connectivity index (χ0v) is 8.29. The lowest BCUT2D eigenvalue weighted by atomic mass is 9.97. The number of fused-ring (bicyclic) bond motifs is 1. The third kappa shape index (κ3) is 1.17. The van der Waals surface area contributed by atoms with Gasteiger partial charge in [-0.15, -0.1) is 0 Å². The third-order valence-electron chi connectivity index (χ3n) is 3.52. The Morgan fingerprint density at radius 3 is 2.67 bits per heavy atom. The highest BCUT2D eigenvalue weighted by Crippen LogP contribution is 2.35. The van der Waals surface area contributed by atoms with E-state index in [1.54, 1.807) is 0 Å². The SMILES string of the molecule is CC(C)[C@@H]1C[C@H]2COC[C@H]2N1C. The Labute approximate surface area is 74.9 Å². The van der Waals surface area contributed by atoms with Crippen molar-refractivity contribution in [3.63, 3.8) is 0 Å². The molecule has 0 amide bonds. The van der Waals surface area contributed by atoms with E-state index < -0.39 is 0 Å². The van der Waals surface area contributed by atoms with Gasteiger partial charge in [-0.05, 0) is 19.4 Å². The van der Waals surface area contributed by atoms with Crippen molar-refractivity contribution in [1.29, 1.82) is 0 Å². The molecular formula is C10H19NO. The molecule has 2 aliphatic rings. The summed E-state index contributed by atoms with van der Waals surface area (Å²) in [6, 6.07) is 1.52. The van der Waals surface area contributed by atoms with Crippen LogP contribution in [0.4, 0.5) is 0 Å². The van der Waals surface area contributed by atoms with E-state index in [0.29, 0.717) is 0 Å². The summed E-state index contributed by atoms with van der Waals surface area (Å²) in [6.07, 6.45) is 1.35. The van der Waals surface area contributed by atoms with Crippen molar-refractivity contribution in [2.75, 3.05) is 20.3 Å². The van der Waals surface area contributed by atoms with Gasteiger partial charge in [0.15, 0.2) is 0 Å². The first-order valence-electron chi connectivity index (χ1n) is 5.00. The molecule has 2 nitrogen and oxygen atoms in total. The van der Waals surface area contributed by atoms with E-state index in [9.17, 15) is 0 Å². The molecule has 2 rings (SSSR count). The minimum Gasteiger partial charge on any atom is -0.379 e. The molecular weight excluding hydrogens is 150 g/mol. The van der Waals surface area contributed by atoms with Crippen LogP contribution in [-0.2, 0) is 4.74 Å². The summed E-state index contributed by atoms with van der Waals surface area (Å²) in [4.78, 5) is 2.53. The van der Waals surface area contributed by atoms with E-state index >= 15 is 0 Å². The van der Waals surface area contributed by atoms with Crippen LogP contribution in [0.5, 0.6) is 0 Å². The van der Waals surface area contributed by atoms with Crippen LogP contribution in [0.2, 0.25) is 0 Å². The van der Waals surface area contributed by atoms with Gasteiger partial charge >= 0.3 is 0 Å². The fourth-order valence-electron chi connectivity index (χ4n) is 2.73. The number of ether oxygens (including phenoxy) is 1. The highest BCUT2D eigenvalue weighted by molar-refractivity contribution is 4.95. The van der Waals surface area contributed by atoms with Crippen LogP contribution in [0.15, 0.2) is 0 Å². The zero-order chi connectivity index (χ0) is 8.72. The van der Waals surface area contributed by atoms with Gasteiger partial charge in [-0.1, -0.05) is 13.8 Å². The van der Waals surface area contributed by atoms with Crippen molar-refractivity contribution in [2.45, 2.75) is 32.4 Å². The fourth-order valence-corrected chi connectivity index (χ4v) is 2.73. The number of hydrogen-bond donors (Lipinski definition) is 0. The Morgan fingerprint density at radius 1 is 1.33 bits per heavy atom. The molecule has 2 saturated heterocycles. The Kier molecular flexibility index (Phi) is 2.13. The van der Waals surface area contributed by atoms with Gasteiger partial charge in [-0.25, -0.2) is 0 Å². The zero-order valence-electron chi connectivity index (χ0n) is 8.29. The Bertz CT molecular complexity index is 169. The molecule has 0 N–H and O–H groups in total. The van der Waals surface area contributed by atoms with Gasteiger partial charge in [-0.2, -0.15) is 0 Å². The summed E-state index contributed by atoms with van der Waals surface area (Å²) < 4.78 is 5.47. The maximum absolute atomic E-state index is 5.47. The largest absolute Gasteiger partial charge is 0.379 e. The number of likely N-dealkylation sites (N-methyl/N-ethyl adjacent to an activating group) is 1. The van der Waals surface area contributed by atoms with Crippen LogP contribution in [0.25, 0.3) is 0 Å². The summed E-state index contributed by atoms with van der Waals surface area (Å²) >= 11 is 0. The standard InChI is InChI=1S/C10H19NO/c1-7(2)9-4-8-5-12-6-10(8)11(9)3/h7-10H,4-6H2,1-3H3/t8-,9-,10+/m0/s1. The van der Waals surface area contributed by atoms with Crippen molar-refractivity contribution in [1.82, 2.24) is 4.90 Å². The molecule has 2 heteroatoms. The average molecular weight is 169 g/mol. The molecule has 0 aromatic rings. The molecule has 0 saturated carbocycles. The molecule has 0 aromatic heterocycles. The van der Waals surface area contributed by atoms with E-state index in [4.69, 9.17) is 4.74 Å². The smallest absolute Gasteiger partial charge is 0.0625 e. The summed E-state index contributed by atoms with van der Waals surface area (Å²) in [6.45, 7) is 6.61. The summed E-state index contributed by atoms with van der Waals surface area (Å²) in [7, 11) is 2.25. The van der Waals surface area contributed by atoms with Crippen molar-refractivity contribution in [3.8, 4) is 0 Å². The fraction of sp³-hybridized carbons (Fsp3) is 1.00. The van der Waals surface area contributed by atoms with Crippen LogP contribution < -0.4 is 0 Å². The first kappa shape index (κ1) is 8.52. The Morgan fingerprint density at radius 2 is 2.08 bits per heavy atom. The molecule has 0 bridgehead atoms. The van der Waals surface area contributed by atoms with Gasteiger partial charge in [-0.3, -0.25) is 4.90 Å². The van der Waals surface area contributed by atoms with E-state index in [1.807, 2.05) is 0 Å². The predicted molar refractivity (Wildman–Crippen MR) is 49.1 cm³/mol. The predicted octanol–water partition coefficient (Wildman–Crippen LogP) is 1.36. The van der Waals surface area contributed by atoms with Crippen LogP contribution in [-0.4, -0.2) is 37.2 Å². The molecule has 0 aromatic carbocycles. The number of likely N-dealkylation sites (tertiary alicyclic amines) is 1. The van der Waals surface area contributed by atoms with E-state index in [0.717, 1.165) is 37.1 Å². The second-order valence-electron chi connectivity index (χ2n) is 4.58. The lowest BCUT2D eigenvalue weighted by Gasteiger charge is -2.27. The highest BCUT2D eigenvalue weighted by Gasteiger charge is 2.43. The van der Waals surface area contributed by atoms with Gasteiger partial charge in [0.2, 0.25) is 0 Å². The molecule has 3 atom stereocenters. The summed E-state index contributed by atoms with van der Waals surface area (Å²) in [5.74, 6) is 1.61. The van der Waals surface area contributed by atoms with E-state index in [-0.39, 0.29) is 0 Å². The quantitative estimate of drug-likeness (QED) is 0.587.